The molecule has 28 heavy (non-hydrogen) atoms. The summed E-state index contributed by atoms with van der Waals surface area (Å²) in [4.78, 5) is 2.36. The lowest BCUT2D eigenvalue weighted by Crippen LogP contribution is -2.56. The van der Waals surface area contributed by atoms with Crippen LogP contribution in [0.3, 0.4) is 0 Å². The van der Waals surface area contributed by atoms with Crippen LogP contribution in [0.4, 0.5) is 17.6 Å². The summed E-state index contributed by atoms with van der Waals surface area (Å²) in [5, 5.41) is 11.3. The van der Waals surface area contributed by atoms with Crippen LogP contribution >= 0.6 is 0 Å². The Hall–Kier alpha value is -1.92. The molecule has 0 aliphatic carbocycles. The van der Waals surface area contributed by atoms with Crippen molar-refractivity contribution in [2.75, 3.05) is 0 Å². The van der Waals surface area contributed by atoms with Gasteiger partial charge in [0.2, 0.25) is 0 Å². The van der Waals surface area contributed by atoms with Crippen molar-refractivity contribution in [1.29, 1.82) is 0 Å². The van der Waals surface area contributed by atoms with E-state index in [1.165, 1.54) is 5.56 Å². The van der Waals surface area contributed by atoms with Gasteiger partial charge in [-0.3, -0.25) is 4.90 Å². The summed E-state index contributed by atoms with van der Waals surface area (Å²) in [7, 11) is 0. The smallest absolute Gasteiger partial charge is 0.385 e. The van der Waals surface area contributed by atoms with Crippen LogP contribution in [0, 0.1) is 5.82 Å². The molecule has 2 fully saturated rings. The predicted molar refractivity (Wildman–Crippen MR) is 97.9 cm³/mol. The fraction of sp³-hybridized carbons (Fsp3) is 0.455. The highest BCUT2D eigenvalue weighted by atomic mass is 19.4. The minimum atomic E-state index is -4.64. The molecule has 2 bridgehead atoms. The molecule has 0 aromatic heterocycles. The number of hydrogen-bond acceptors (Lipinski definition) is 2. The molecule has 0 saturated carbocycles. The summed E-state index contributed by atoms with van der Waals surface area (Å²) in [6, 6.07) is 12.6. The first-order valence-corrected chi connectivity index (χ1v) is 9.65. The number of fused-ring (bicyclic) bond motifs is 2. The van der Waals surface area contributed by atoms with E-state index >= 15 is 0 Å². The average Bonchev–Trinajstić information content (AvgIpc) is 2.62. The van der Waals surface area contributed by atoms with E-state index < -0.39 is 23.2 Å². The molecule has 2 unspecified atom stereocenters. The molecule has 150 valence electrons. The third-order valence-corrected chi connectivity index (χ3v) is 6.13. The van der Waals surface area contributed by atoms with Crippen molar-refractivity contribution in [3.63, 3.8) is 0 Å². The number of halogens is 4. The molecule has 4 rings (SSSR count). The Bertz CT molecular complexity index is 822. The maximum Gasteiger partial charge on any atom is 0.416 e. The number of hydrogen-bond donors (Lipinski definition) is 1. The Balaban J connectivity index is 1.62. The van der Waals surface area contributed by atoms with Crippen molar-refractivity contribution in [3.8, 4) is 0 Å². The quantitative estimate of drug-likeness (QED) is 0.720. The summed E-state index contributed by atoms with van der Waals surface area (Å²) >= 11 is 0. The topological polar surface area (TPSA) is 23.5 Å². The lowest BCUT2D eigenvalue weighted by molar-refractivity contribution is -0.138. The molecule has 6 heteroatoms. The van der Waals surface area contributed by atoms with Gasteiger partial charge in [0, 0.05) is 18.6 Å². The molecule has 2 saturated heterocycles. The molecule has 2 nitrogen and oxygen atoms in total. The maximum atomic E-state index is 13.9. The van der Waals surface area contributed by atoms with Crippen molar-refractivity contribution in [2.24, 2.45) is 0 Å². The number of benzene rings is 2. The van der Waals surface area contributed by atoms with Crippen LogP contribution in [-0.2, 0) is 18.3 Å². The average molecular weight is 393 g/mol. The lowest BCUT2D eigenvalue weighted by atomic mass is 9.72. The van der Waals surface area contributed by atoms with Crippen molar-refractivity contribution in [2.45, 2.75) is 62.5 Å². The Morgan fingerprint density at radius 3 is 2.25 bits per heavy atom. The summed E-state index contributed by atoms with van der Waals surface area (Å²) in [6.45, 7) is 0.753. The van der Waals surface area contributed by atoms with Crippen LogP contribution in [0.1, 0.15) is 48.8 Å². The fourth-order valence-corrected chi connectivity index (χ4v) is 4.83. The summed E-state index contributed by atoms with van der Waals surface area (Å²) in [5.74, 6) is -0.963. The number of rotatable bonds is 3. The largest absolute Gasteiger partial charge is 0.416 e. The lowest BCUT2D eigenvalue weighted by Gasteiger charge is -2.52. The van der Waals surface area contributed by atoms with E-state index in [0.717, 1.165) is 37.9 Å². The van der Waals surface area contributed by atoms with Crippen molar-refractivity contribution >= 4 is 0 Å². The first-order chi connectivity index (χ1) is 13.2. The molecule has 0 amide bonds. The van der Waals surface area contributed by atoms with E-state index in [1.807, 2.05) is 18.2 Å². The van der Waals surface area contributed by atoms with Crippen molar-refractivity contribution in [1.82, 2.24) is 4.90 Å². The second kappa shape index (κ2) is 7.16. The monoisotopic (exact) mass is 393 g/mol. The molecule has 2 aliphatic heterocycles. The Morgan fingerprint density at radius 2 is 1.64 bits per heavy atom. The normalized spacial score (nSPS) is 28.3. The van der Waals surface area contributed by atoms with Crippen molar-refractivity contribution in [3.05, 3.63) is 71.0 Å². The van der Waals surface area contributed by atoms with E-state index in [2.05, 4.69) is 17.0 Å². The number of piperidine rings is 2. The van der Waals surface area contributed by atoms with Gasteiger partial charge in [0.1, 0.15) is 5.82 Å². The van der Waals surface area contributed by atoms with Crippen LogP contribution in [0.15, 0.2) is 48.5 Å². The standard InChI is InChI=1S/C22H23F4NO/c23-18-10-16(9-17(11-18)22(24,25)26)21(28)12-19-7-4-8-20(13-21)27(19)14-15-5-2-1-3-6-15/h1-3,5-6,9-11,19-20,28H,4,7-8,12-14H2. The van der Waals surface area contributed by atoms with E-state index in [4.69, 9.17) is 0 Å². The highest BCUT2D eigenvalue weighted by Crippen LogP contribution is 2.46. The van der Waals surface area contributed by atoms with Crippen LogP contribution in [0.2, 0.25) is 0 Å². The van der Waals surface area contributed by atoms with Crippen LogP contribution in [0.25, 0.3) is 0 Å². The van der Waals surface area contributed by atoms with E-state index in [1.54, 1.807) is 0 Å². The molecule has 1 N–H and O–H groups in total. The van der Waals surface area contributed by atoms with Gasteiger partial charge in [-0.1, -0.05) is 36.8 Å². The second-order valence-electron chi connectivity index (χ2n) is 8.06. The minimum Gasteiger partial charge on any atom is -0.385 e. The van der Waals surface area contributed by atoms with Crippen molar-refractivity contribution < 1.29 is 22.7 Å². The van der Waals surface area contributed by atoms with Crippen LogP contribution in [0.5, 0.6) is 0 Å². The summed E-state index contributed by atoms with van der Waals surface area (Å²) in [6.07, 6.45) is -1.21. The minimum absolute atomic E-state index is 0.0380. The molecule has 0 radical (unpaired) electrons. The number of nitrogens with zero attached hydrogens (tertiary/aromatic N) is 1. The first kappa shape index (κ1) is 19.4. The molecular formula is C22H23F4NO. The zero-order valence-electron chi connectivity index (χ0n) is 15.4. The molecule has 2 aromatic carbocycles. The third-order valence-electron chi connectivity index (χ3n) is 6.13. The molecule has 2 aliphatic rings. The zero-order valence-corrected chi connectivity index (χ0v) is 15.4. The highest BCUT2D eigenvalue weighted by Gasteiger charge is 2.47. The van der Waals surface area contributed by atoms with E-state index in [9.17, 15) is 22.7 Å². The van der Waals surface area contributed by atoms with E-state index in [-0.39, 0.29) is 17.6 Å². The molecule has 2 atom stereocenters. The van der Waals surface area contributed by atoms with Gasteiger partial charge in [0.15, 0.2) is 0 Å². The number of aliphatic hydroxyl groups is 1. The highest BCUT2D eigenvalue weighted by molar-refractivity contribution is 5.32. The molecule has 0 spiro atoms. The van der Waals surface area contributed by atoms with Gasteiger partial charge in [-0.2, -0.15) is 13.2 Å². The van der Waals surface area contributed by atoms with Gasteiger partial charge in [0.25, 0.3) is 0 Å². The van der Waals surface area contributed by atoms with Gasteiger partial charge in [-0.05, 0) is 55.0 Å². The maximum absolute atomic E-state index is 13.9. The summed E-state index contributed by atoms with van der Waals surface area (Å²) in [5.41, 5.74) is -1.27. The van der Waals surface area contributed by atoms with Crippen LogP contribution < -0.4 is 0 Å². The second-order valence-corrected chi connectivity index (χ2v) is 8.06. The third kappa shape index (κ3) is 3.80. The fourth-order valence-electron chi connectivity index (χ4n) is 4.83. The zero-order chi connectivity index (χ0) is 19.9. The molecular weight excluding hydrogens is 370 g/mol. The Morgan fingerprint density at radius 1 is 1.00 bits per heavy atom. The Kier molecular flexibility index (Phi) is 4.96. The Labute approximate surface area is 161 Å². The summed E-state index contributed by atoms with van der Waals surface area (Å²) < 4.78 is 53.3. The molecule has 2 aromatic rings. The van der Waals surface area contributed by atoms with Gasteiger partial charge >= 0.3 is 6.18 Å². The van der Waals surface area contributed by atoms with Gasteiger partial charge < -0.3 is 5.11 Å². The van der Waals surface area contributed by atoms with E-state index in [0.29, 0.717) is 18.9 Å². The molecule has 2 heterocycles. The van der Waals surface area contributed by atoms with Gasteiger partial charge in [-0.15, -0.1) is 0 Å². The SMILES string of the molecule is OC1(c2cc(F)cc(C(F)(F)F)c2)CC2CCCC(C1)N2Cc1ccccc1. The number of alkyl halides is 3. The first-order valence-electron chi connectivity index (χ1n) is 9.65. The van der Waals surface area contributed by atoms with Gasteiger partial charge in [0.05, 0.1) is 11.2 Å². The predicted octanol–water partition coefficient (Wildman–Crippen LogP) is 5.25. The van der Waals surface area contributed by atoms with Gasteiger partial charge in [-0.25, -0.2) is 4.39 Å². The van der Waals surface area contributed by atoms with Crippen LogP contribution in [-0.4, -0.2) is 22.1 Å².